The van der Waals surface area contributed by atoms with Crippen LogP contribution in [0.15, 0.2) is 25.3 Å². The second-order valence-electron chi connectivity index (χ2n) is 5.10. The summed E-state index contributed by atoms with van der Waals surface area (Å²) in [5.74, 6) is -1.99. The molecule has 0 atom stereocenters. The van der Waals surface area contributed by atoms with Crippen LogP contribution in [0, 0.1) is 0 Å². The van der Waals surface area contributed by atoms with E-state index in [0.29, 0.717) is 26.1 Å². The van der Waals surface area contributed by atoms with Gasteiger partial charge in [-0.15, -0.1) is 0 Å². The van der Waals surface area contributed by atoms with Crippen molar-refractivity contribution in [3.05, 3.63) is 25.3 Å². The van der Waals surface area contributed by atoms with E-state index >= 15 is 0 Å². The van der Waals surface area contributed by atoms with Gasteiger partial charge in [0.25, 0.3) is 0 Å². The molecule has 0 rings (SSSR count). The maximum absolute atomic E-state index is 11.3. The Labute approximate surface area is 153 Å². The predicted molar refractivity (Wildman–Crippen MR) is 91.9 cm³/mol. The Hall–Kier alpha value is -2.64. The van der Waals surface area contributed by atoms with Crippen molar-refractivity contribution in [1.29, 1.82) is 0 Å². The summed E-state index contributed by atoms with van der Waals surface area (Å²) in [5, 5.41) is 0. The highest BCUT2D eigenvalue weighted by molar-refractivity contribution is 5.81. The minimum absolute atomic E-state index is 0.0115. The molecule has 8 nitrogen and oxygen atoms in total. The van der Waals surface area contributed by atoms with Crippen LogP contribution in [0.2, 0.25) is 0 Å². The van der Waals surface area contributed by atoms with Gasteiger partial charge >= 0.3 is 23.9 Å². The third-order valence-electron chi connectivity index (χ3n) is 3.00. The second-order valence-corrected chi connectivity index (χ2v) is 5.10. The highest BCUT2D eigenvalue weighted by Crippen LogP contribution is 2.02. The van der Waals surface area contributed by atoms with Gasteiger partial charge in [-0.3, -0.25) is 9.59 Å². The van der Waals surface area contributed by atoms with E-state index in [2.05, 4.69) is 22.6 Å². The van der Waals surface area contributed by atoms with Crippen LogP contribution >= 0.6 is 0 Å². The Kier molecular flexibility index (Phi) is 14.3. The lowest BCUT2D eigenvalue weighted by Crippen LogP contribution is -2.12. The molecule has 0 aromatic rings. The summed E-state index contributed by atoms with van der Waals surface area (Å²) in [7, 11) is 0. The van der Waals surface area contributed by atoms with Crippen LogP contribution in [0.4, 0.5) is 0 Å². The number of esters is 4. The molecular weight excluding hydrogens is 344 g/mol. The van der Waals surface area contributed by atoms with Crippen molar-refractivity contribution in [1.82, 2.24) is 0 Å². The van der Waals surface area contributed by atoms with Crippen molar-refractivity contribution >= 4 is 23.9 Å². The number of hydrogen-bond acceptors (Lipinski definition) is 8. The molecule has 0 aromatic carbocycles. The molecular formula is C18H26O8. The summed E-state index contributed by atoms with van der Waals surface area (Å²) in [4.78, 5) is 44.2. The summed E-state index contributed by atoms with van der Waals surface area (Å²) >= 11 is 0. The number of ether oxygens (including phenoxy) is 4. The molecule has 0 saturated heterocycles. The van der Waals surface area contributed by atoms with Gasteiger partial charge in [-0.2, -0.15) is 0 Å². The van der Waals surface area contributed by atoms with Crippen molar-refractivity contribution in [2.24, 2.45) is 0 Å². The van der Waals surface area contributed by atoms with Crippen molar-refractivity contribution < 1.29 is 38.1 Å². The number of carbonyl (C=O) groups is 4. The zero-order valence-electron chi connectivity index (χ0n) is 14.9. The fourth-order valence-corrected chi connectivity index (χ4v) is 1.66. The van der Waals surface area contributed by atoms with Gasteiger partial charge in [0.05, 0.1) is 26.1 Å². The van der Waals surface area contributed by atoms with Crippen molar-refractivity contribution in [3.63, 3.8) is 0 Å². The average molecular weight is 370 g/mol. The molecule has 0 radical (unpaired) electrons. The third kappa shape index (κ3) is 14.9. The zero-order valence-corrected chi connectivity index (χ0v) is 14.9. The fourth-order valence-electron chi connectivity index (χ4n) is 1.66. The SMILES string of the molecule is C=CC(=O)OCCC(=O)OCCCCCCOC(=O)CCOC(=O)C=C. The Morgan fingerprint density at radius 2 is 0.962 bits per heavy atom. The van der Waals surface area contributed by atoms with E-state index < -0.39 is 23.9 Å². The fraction of sp³-hybridized carbons (Fsp3) is 0.556. The van der Waals surface area contributed by atoms with Crippen LogP contribution in [-0.2, 0) is 38.1 Å². The van der Waals surface area contributed by atoms with Crippen molar-refractivity contribution in [2.45, 2.75) is 38.5 Å². The first-order chi connectivity index (χ1) is 12.5. The molecule has 0 fully saturated rings. The van der Waals surface area contributed by atoms with Crippen LogP contribution in [0.1, 0.15) is 38.5 Å². The van der Waals surface area contributed by atoms with E-state index in [-0.39, 0.29) is 26.1 Å². The van der Waals surface area contributed by atoms with Crippen molar-refractivity contribution in [3.8, 4) is 0 Å². The minimum Gasteiger partial charge on any atom is -0.466 e. The molecule has 0 aliphatic rings. The van der Waals surface area contributed by atoms with Crippen LogP contribution in [0.25, 0.3) is 0 Å². The highest BCUT2D eigenvalue weighted by atomic mass is 16.6. The lowest BCUT2D eigenvalue weighted by molar-refractivity contribution is -0.149. The normalized spacial score (nSPS) is 9.69. The molecule has 0 aliphatic heterocycles. The number of unbranched alkanes of at least 4 members (excludes halogenated alkanes) is 3. The average Bonchev–Trinajstić information content (AvgIpc) is 2.63. The minimum atomic E-state index is -0.573. The maximum atomic E-state index is 11.3. The van der Waals surface area contributed by atoms with Gasteiger partial charge < -0.3 is 18.9 Å². The summed E-state index contributed by atoms with van der Waals surface area (Å²) in [6.07, 6.45) is 5.13. The van der Waals surface area contributed by atoms with Crippen molar-refractivity contribution in [2.75, 3.05) is 26.4 Å². The molecule has 0 N–H and O–H groups in total. The predicted octanol–water partition coefficient (Wildman–Crippen LogP) is 1.87. The number of hydrogen-bond donors (Lipinski definition) is 0. The Morgan fingerprint density at radius 1 is 0.577 bits per heavy atom. The molecule has 0 amide bonds. The second kappa shape index (κ2) is 15.9. The molecule has 0 heterocycles. The molecule has 146 valence electrons. The first-order valence-corrected chi connectivity index (χ1v) is 8.39. The highest BCUT2D eigenvalue weighted by Gasteiger charge is 2.06. The molecule has 0 spiro atoms. The zero-order chi connectivity index (χ0) is 19.6. The topological polar surface area (TPSA) is 105 Å². The van der Waals surface area contributed by atoms with Crippen LogP contribution in [0.3, 0.4) is 0 Å². The van der Waals surface area contributed by atoms with Gasteiger partial charge in [0.1, 0.15) is 13.2 Å². The summed E-state index contributed by atoms with van der Waals surface area (Å²) < 4.78 is 19.3. The third-order valence-corrected chi connectivity index (χ3v) is 3.00. The first kappa shape index (κ1) is 23.4. The Balaban J connectivity index is 3.39. The van der Waals surface area contributed by atoms with Gasteiger partial charge in [-0.05, 0) is 25.7 Å². The lowest BCUT2D eigenvalue weighted by Gasteiger charge is -2.06. The number of carbonyl (C=O) groups excluding carboxylic acids is 4. The van der Waals surface area contributed by atoms with Crippen LogP contribution in [0.5, 0.6) is 0 Å². The van der Waals surface area contributed by atoms with E-state index in [0.717, 1.165) is 25.0 Å². The van der Waals surface area contributed by atoms with E-state index in [1.807, 2.05) is 0 Å². The van der Waals surface area contributed by atoms with Gasteiger partial charge in [0, 0.05) is 12.2 Å². The Bertz CT molecular complexity index is 440. The summed E-state index contributed by atoms with van der Waals surface area (Å²) in [6, 6.07) is 0. The molecule has 0 saturated carbocycles. The largest absolute Gasteiger partial charge is 0.466 e. The van der Waals surface area contributed by atoms with Gasteiger partial charge in [0.2, 0.25) is 0 Å². The molecule has 26 heavy (non-hydrogen) atoms. The standard InChI is InChI=1S/C18H26O8/c1-3-15(19)25-13-9-17(21)23-11-7-5-6-8-12-24-18(22)10-14-26-16(20)4-2/h3-4H,1-2,5-14H2. The maximum Gasteiger partial charge on any atom is 0.330 e. The Morgan fingerprint density at radius 3 is 1.31 bits per heavy atom. The van der Waals surface area contributed by atoms with E-state index in [1.165, 1.54) is 0 Å². The van der Waals surface area contributed by atoms with Gasteiger partial charge in [0.15, 0.2) is 0 Å². The quantitative estimate of drug-likeness (QED) is 0.186. The van der Waals surface area contributed by atoms with Gasteiger partial charge in [-0.1, -0.05) is 13.2 Å². The van der Waals surface area contributed by atoms with Crippen LogP contribution < -0.4 is 0 Å². The molecule has 8 heteroatoms. The van der Waals surface area contributed by atoms with E-state index in [4.69, 9.17) is 9.47 Å². The first-order valence-electron chi connectivity index (χ1n) is 8.39. The van der Waals surface area contributed by atoms with Gasteiger partial charge in [-0.25, -0.2) is 9.59 Å². The lowest BCUT2D eigenvalue weighted by atomic mass is 10.2. The van der Waals surface area contributed by atoms with Crippen LogP contribution in [-0.4, -0.2) is 50.3 Å². The molecule has 0 aliphatic carbocycles. The molecule has 0 unspecified atom stereocenters. The van der Waals surface area contributed by atoms with E-state index in [1.54, 1.807) is 0 Å². The molecule has 0 bridgehead atoms. The smallest absolute Gasteiger partial charge is 0.330 e. The monoisotopic (exact) mass is 370 g/mol. The number of rotatable bonds is 15. The molecule has 0 aromatic heterocycles. The van der Waals surface area contributed by atoms with E-state index in [9.17, 15) is 19.2 Å². The summed E-state index contributed by atoms with van der Waals surface area (Å²) in [6.45, 7) is 7.02. The summed E-state index contributed by atoms with van der Waals surface area (Å²) in [5.41, 5.74) is 0.